The average Bonchev–Trinajstić information content (AvgIpc) is 3.17. The zero-order valence-electron chi connectivity index (χ0n) is 15.8. The summed E-state index contributed by atoms with van der Waals surface area (Å²) in [6.45, 7) is 0.835. The van der Waals surface area contributed by atoms with Crippen LogP contribution < -0.4 is 5.14 Å². The van der Waals surface area contributed by atoms with Crippen molar-refractivity contribution < 1.29 is 27.5 Å². The smallest absolute Gasteiger partial charge is 0.271 e. The molecule has 3 N–H and O–H groups in total. The molecular weight excluding hydrogens is 410 g/mol. The van der Waals surface area contributed by atoms with E-state index in [9.17, 15) is 23.3 Å². The van der Waals surface area contributed by atoms with Gasteiger partial charge in [-0.1, -0.05) is 0 Å². The van der Waals surface area contributed by atoms with Gasteiger partial charge in [-0.2, -0.15) is 5.26 Å². The molecule has 9 nitrogen and oxygen atoms in total. The van der Waals surface area contributed by atoms with Gasteiger partial charge in [0.1, 0.15) is 23.2 Å². The molecule has 0 saturated heterocycles. The predicted molar refractivity (Wildman–Crippen MR) is 106 cm³/mol. The highest BCUT2D eigenvalue weighted by Gasteiger charge is 2.35. The quantitative estimate of drug-likeness (QED) is 0.536. The first kappa shape index (κ1) is 21.2. The van der Waals surface area contributed by atoms with Crippen molar-refractivity contribution in [3.8, 4) is 17.4 Å². The second-order valence-electron chi connectivity index (χ2n) is 6.43. The van der Waals surface area contributed by atoms with Gasteiger partial charge in [-0.15, -0.1) is 0 Å². The number of carbonyl (C=O) groups excluding carboxylic acids is 2. The molecule has 2 heterocycles. The summed E-state index contributed by atoms with van der Waals surface area (Å²) < 4.78 is 28.4. The number of furan rings is 1. The predicted octanol–water partition coefficient (Wildman–Crippen LogP) is 1.18. The van der Waals surface area contributed by atoms with Gasteiger partial charge in [-0.25, -0.2) is 13.6 Å². The van der Waals surface area contributed by atoms with Crippen LogP contribution in [-0.2, 0) is 19.6 Å². The number of β-amino-alcohol motifs (C(OH)–C–C–N with tert-alkyl or cyclic N) is 1. The number of primary sulfonamides is 1. The van der Waals surface area contributed by atoms with E-state index < -0.39 is 28.4 Å². The Bertz CT molecular complexity index is 1230. The number of amides is 2. The number of rotatable bonds is 5. The second-order valence-corrected chi connectivity index (χ2v) is 7.99. The van der Waals surface area contributed by atoms with E-state index in [0.717, 1.165) is 4.90 Å². The Morgan fingerprint density at radius 2 is 1.83 bits per heavy atom. The minimum Gasteiger partial charge on any atom is -0.457 e. The molecule has 3 rings (SSSR count). The maximum Gasteiger partial charge on any atom is 0.271 e. The fraction of sp³-hybridized carbons (Fsp3) is 0.150. The van der Waals surface area contributed by atoms with Gasteiger partial charge in [0.25, 0.3) is 11.8 Å². The molecule has 1 aliphatic heterocycles. The largest absolute Gasteiger partial charge is 0.457 e. The fourth-order valence-electron chi connectivity index (χ4n) is 2.97. The lowest BCUT2D eigenvalue weighted by molar-refractivity contribution is -0.140. The highest BCUT2D eigenvalue weighted by molar-refractivity contribution is 7.89. The summed E-state index contributed by atoms with van der Waals surface area (Å²) in [5, 5.41) is 23.5. The topological polar surface area (TPSA) is 155 Å². The van der Waals surface area contributed by atoms with Gasteiger partial charge in [0.15, 0.2) is 0 Å². The lowest BCUT2D eigenvalue weighted by Crippen LogP contribution is -2.44. The molecule has 1 aromatic heterocycles. The van der Waals surface area contributed by atoms with Gasteiger partial charge in [0, 0.05) is 11.1 Å². The molecule has 10 heteroatoms. The maximum atomic E-state index is 12.7. The molecule has 0 saturated carbocycles. The minimum absolute atomic E-state index is 0.0358. The summed E-state index contributed by atoms with van der Waals surface area (Å²) in [4.78, 5) is 25.7. The van der Waals surface area contributed by atoms with Gasteiger partial charge in [0.05, 0.1) is 18.0 Å². The van der Waals surface area contributed by atoms with Crippen molar-refractivity contribution in [3.05, 3.63) is 58.9 Å². The standard InChI is InChI=1S/C20H17N3O6S/c1-12-16(19(25)23(8-9-24)20(26)17(12)11-21)10-14-4-7-18(29-14)13-2-5-15(6-3-13)30(22,27)28/h2-7,10,24H,8-9H2,1H3,(H2,22,27,28). The molecule has 0 aliphatic carbocycles. The van der Waals surface area contributed by atoms with Crippen molar-refractivity contribution in [1.82, 2.24) is 4.90 Å². The number of aliphatic hydroxyl groups is 1. The molecule has 0 unspecified atom stereocenters. The lowest BCUT2D eigenvalue weighted by Gasteiger charge is -2.26. The first-order valence-electron chi connectivity index (χ1n) is 8.70. The van der Waals surface area contributed by atoms with Gasteiger partial charge < -0.3 is 9.52 Å². The zero-order chi connectivity index (χ0) is 22.1. The third kappa shape index (κ3) is 3.95. The molecular formula is C20H17N3O6S. The second kappa shape index (κ2) is 8.08. The Morgan fingerprint density at radius 1 is 1.17 bits per heavy atom. The maximum absolute atomic E-state index is 12.7. The SMILES string of the molecule is CC1=C(C#N)C(=O)N(CCO)C(=O)C1=Cc1ccc(-c2ccc(S(N)(=O)=O)cc2)o1. The number of nitrogens with zero attached hydrogens (tertiary/aromatic N) is 2. The summed E-state index contributed by atoms with van der Waals surface area (Å²) >= 11 is 0. The van der Waals surface area contributed by atoms with E-state index >= 15 is 0 Å². The summed E-state index contributed by atoms with van der Waals surface area (Å²) in [5.74, 6) is -0.683. The Balaban J connectivity index is 1.98. The van der Waals surface area contributed by atoms with Crippen molar-refractivity contribution in [3.63, 3.8) is 0 Å². The molecule has 154 valence electrons. The van der Waals surface area contributed by atoms with Crippen LogP contribution >= 0.6 is 0 Å². The number of benzene rings is 1. The summed E-state index contributed by atoms with van der Waals surface area (Å²) in [6.07, 6.45) is 1.41. The number of hydrogen-bond donors (Lipinski definition) is 2. The summed E-state index contributed by atoms with van der Waals surface area (Å²) in [5.41, 5.74) is 0.728. The van der Waals surface area contributed by atoms with Crippen LogP contribution in [0.1, 0.15) is 12.7 Å². The fourth-order valence-corrected chi connectivity index (χ4v) is 3.48. The number of nitriles is 1. The number of nitrogens with two attached hydrogens (primary N) is 1. The lowest BCUT2D eigenvalue weighted by atomic mass is 9.95. The van der Waals surface area contributed by atoms with E-state index in [1.807, 2.05) is 0 Å². The van der Waals surface area contributed by atoms with Crippen LogP contribution in [0.15, 0.2) is 62.4 Å². The monoisotopic (exact) mass is 427 g/mol. The van der Waals surface area contributed by atoms with Crippen LogP contribution in [0.25, 0.3) is 17.4 Å². The molecule has 30 heavy (non-hydrogen) atoms. The Labute approximate surface area is 172 Å². The first-order chi connectivity index (χ1) is 14.2. The Kier molecular flexibility index (Phi) is 5.71. The number of aliphatic hydroxyl groups excluding tert-OH is 1. The highest BCUT2D eigenvalue weighted by Crippen LogP contribution is 2.29. The summed E-state index contributed by atoms with van der Waals surface area (Å²) in [6, 6.07) is 10.8. The molecule has 0 spiro atoms. The number of sulfonamides is 1. The van der Waals surface area contributed by atoms with Crippen molar-refractivity contribution in [1.29, 1.82) is 5.26 Å². The van der Waals surface area contributed by atoms with E-state index in [1.54, 1.807) is 18.2 Å². The highest BCUT2D eigenvalue weighted by atomic mass is 32.2. The third-order valence-corrected chi connectivity index (χ3v) is 5.46. The molecule has 1 aliphatic rings. The normalized spacial score (nSPS) is 16.3. The van der Waals surface area contributed by atoms with Crippen LogP contribution in [0.3, 0.4) is 0 Å². The van der Waals surface area contributed by atoms with Crippen LogP contribution in [0.4, 0.5) is 0 Å². The third-order valence-electron chi connectivity index (χ3n) is 4.53. The number of hydrogen-bond acceptors (Lipinski definition) is 7. The van der Waals surface area contributed by atoms with E-state index in [4.69, 9.17) is 14.7 Å². The molecule has 1 aromatic carbocycles. The molecule has 0 bridgehead atoms. The van der Waals surface area contributed by atoms with Crippen LogP contribution in [0.5, 0.6) is 0 Å². The van der Waals surface area contributed by atoms with E-state index in [0.29, 0.717) is 17.1 Å². The number of imide groups is 1. The minimum atomic E-state index is -3.81. The Hall–Kier alpha value is -3.52. The van der Waals surface area contributed by atoms with Gasteiger partial charge in [-0.05, 0) is 55.0 Å². The van der Waals surface area contributed by atoms with Gasteiger partial charge in [-0.3, -0.25) is 14.5 Å². The van der Waals surface area contributed by atoms with Crippen molar-refractivity contribution in [2.75, 3.05) is 13.2 Å². The van der Waals surface area contributed by atoms with Gasteiger partial charge in [0.2, 0.25) is 10.0 Å². The molecule has 0 radical (unpaired) electrons. The van der Waals surface area contributed by atoms with Gasteiger partial charge >= 0.3 is 0 Å². The zero-order valence-corrected chi connectivity index (χ0v) is 16.6. The first-order valence-corrected chi connectivity index (χ1v) is 10.2. The number of carbonyl (C=O) groups is 2. The van der Waals surface area contributed by atoms with E-state index in [-0.39, 0.29) is 28.2 Å². The van der Waals surface area contributed by atoms with Crippen molar-refractivity contribution in [2.45, 2.75) is 11.8 Å². The average molecular weight is 427 g/mol. The molecule has 0 fully saturated rings. The van der Waals surface area contributed by atoms with E-state index in [2.05, 4.69) is 0 Å². The Morgan fingerprint density at radius 3 is 2.40 bits per heavy atom. The van der Waals surface area contributed by atoms with Crippen molar-refractivity contribution >= 4 is 27.9 Å². The van der Waals surface area contributed by atoms with E-state index in [1.165, 1.54) is 37.3 Å². The van der Waals surface area contributed by atoms with Crippen LogP contribution in [0, 0.1) is 11.3 Å². The van der Waals surface area contributed by atoms with Crippen LogP contribution in [0.2, 0.25) is 0 Å². The van der Waals surface area contributed by atoms with Crippen LogP contribution in [-0.4, -0.2) is 43.4 Å². The van der Waals surface area contributed by atoms with Crippen molar-refractivity contribution in [2.24, 2.45) is 5.14 Å². The molecule has 0 atom stereocenters. The molecule has 2 amide bonds. The molecule has 2 aromatic rings. The summed E-state index contributed by atoms with van der Waals surface area (Å²) in [7, 11) is -3.81.